The normalized spacial score (nSPS) is 19.6. The van der Waals surface area contributed by atoms with Crippen LogP contribution in [0, 0.1) is 0 Å². The van der Waals surface area contributed by atoms with E-state index in [2.05, 4.69) is 64.6 Å². The number of fused-ring (bicyclic) bond motifs is 1. The van der Waals surface area contributed by atoms with Crippen molar-refractivity contribution in [2.24, 2.45) is 5.73 Å². The molecule has 0 radical (unpaired) electrons. The van der Waals surface area contributed by atoms with Crippen LogP contribution < -0.4 is 15.4 Å². The van der Waals surface area contributed by atoms with Crippen LogP contribution in [0.4, 0.5) is 5.69 Å². The number of hydrogen-bond donors (Lipinski definition) is 1. The summed E-state index contributed by atoms with van der Waals surface area (Å²) in [4.78, 5) is 2.36. The second kappa shape index (κ2) is 4.96. The van der Waals surface area contributed by atoms with Crippen molar-refractivity contribution in [3.8, 4) is 5.75 Å². The molecule has 0 aliphatic carbocycles. The molecule has 20 heavy (non-hydrogen) atoms. The van der Waals surface area contributed by atoms with E-state index in [1.165, 1.54) is 11.3 Å². The topological polar surface area (TPSA) is 38.5 Å². The Morgan fingerprint density at radius 1 is 1.25 bits per heavy atom. The minimum absolute atomic E-state index is 0.141. The molecule has 3 heteroatoms. The van der Waals surface area contributed by atoms with E-state index in [4.69, 9.17) is 10.5 Å². The highest BCUT2D eigenvalue weighted by Crippen LogP contribution is 2.37. The maximum atomic E-state index is 6.21. The molecule has 0 spiro atoms. The molecule has 112 valence electrons. The summed E-state index contributed by atoms with van der Waals surface area (Å²) in [5, 5.41) is 0. The van der Waals surface area contributed by atoms with Gasteiger partial charge in [0, 0.05) is 12.1 Å². The summed E-state index contributed by atoms with van der Waals surface area (Å²) in [6, 6.07) is 6.53. The zero-order chi connectivity index (χ0) is 15.1. The van der Waals surface area contributed by atoms with Gasteiger partial charge >= 0.3 is 0 Å². The number of benzene rings is 1. The quantitative estimate of drug-likeness (QED) is 0.900. The van der Waals surface area contributed by atoms with Crippen molar-refractivity contribution in [3.63, 3.8) is 0 Å². The summed E-state index contributed by atoms with van der Waals surface area (Å²) >= 11 is 0. The molecule has 1 aromatic carbocycles. The highest BCUT2D eigenvalue weighted by atomic mass is 16.5. The Morgan fingerprint density at radius 2 is 1.90 bits per heavy atom. The number of rotatable bonds is 2. The van der Waals surface area contributed by atoms with Gasteiger partial charge in [-0.05, 0) is 43.9 Å². The van der Waals surface area contributed by atoms with Crippen LogP contribution in [0.1, 0.15) is 47.1 Å². The molecular weight excluding hydrogens is 248 g/mol. The summed E-state index contributed by atoms with van der Waals surface area (Å²) in [6.45, 7) is 14.7. The molecule has 1 atom stereocenters. The number of anilines is 1. The molecule has 0 fully saturated rings. The minimum Gasteiger partial charge on any atom is -0.487 e. The van der Waals surface area contributed by atoms with Crippen molar-refractivity contribution >= 4 is 5.69 Å². The fourth-order valence-electron chi connectivity index (χ4n) is 2.64. The second-order valence-corrected chi connectivity index (χ2v) is 7.73. The Morgan fingerprint density at radius 3 is 2.45 bits per heavy atom. The van der Waals surface area contributed by atoms with Gasteiger partial charge in [-0.15, -0.1) is 0 Å². The van der Waals surface area contributed by atoms with E-state index >= 15 is 0 Å². The molecule has 0 saturated heterocycles. The first kappa shape index (κ1) is 15.2. The Labute approximate surface area is 123 Å². The minimum atomic E-state index is -0.216. The van der Waals surface area contributed by atoms with Gasteiger partial charge in [-0.1, -0.05) is 26.8 Å². The lowest BCUT2D eigenvalue weighted by atomic mass is 9.86. The van der Waals surface area contributed by atoms with Gasteiger partial charge in [0.25, 0.3) is 0 Å². The Hall–Kier alpha value is -1.22. The number of nitrogens with zero attached hydrogens (tertiary/aromatic N) is 1. The maximum Gasteiger partial charge on any atom is 0.143 e. The zero-order valence-electron chi connectivity index (χ0n) is 13.7. The van der Waals surface area contributed by atoms with Crippen LogP contribution in [0.2, 0.25) is 0 Å². The summed E-state index contributed by atoms with van der Waals surface area (Å²) in [7, 11) is 0. The number of nitrogens with two attached hydrogens (primary N) is 1. The van der Waals surface area contributed by atoms with Crippen molar-refractivity contribution in [3.05, 3.63) is 23.8 Å². The predicted octanol–water partition coefficient (Wildman–Crippen LogP) is 3.31. The molecule has 2 rings (SSSR count). The van der Waals surface area contributed by atoms with E-state index in [1.807, 2.05) is 0 Å². The van der Waals surface area contributed by atoms with E-state index in [0.717, 1.165) is 18.8 Å². The smallest absolute Gasteiger partial charge is 0.143 e. The first-order valence-corrected chi connectivity index (χ1v) is 7.41. The first-order chi connectivity index (χ1) is 9.06. The van der Waals surface area contributed by atoms with E-state index in [-0.39, 0.29) is 17.1 Å². The molecule has 2 N–H and O–H groups in total. The molecule has 3 nitrogen and oxygen atoms in total. The average Bonchev–Trinajstić information content (AvgIpc) is 2.24. The lowest BCUT2D eigenvalue weighted by molar-refractivity contribution is 0.209. The van der Waals surface area contributed by atoms with Crippen LogP contribution in [-0.2, 0) is 5.41 Å². The molecule has 1 aliphatic heterocycles. The summed E-state index contributed by atoms with van der Waals surface area (Å²) in [6.07, 6.45) is 0.199. The van der Waals surface area contributed by atoms with E-state index in [1.54, 1.807) is 0 Å². The molecule has 1 aromatic rings. The highest BCUT2D eigenvalue weighted by Gasteiger charge is 2.28. The van der Waals surface area contributed by atoms with E-state index in [0.29, 0.717) is 0 Å². The fraction of sp³-hybridized carbons (Fsp3) is 0.647. The Kier molecular flexibility index (Phi) is 3.76. The molecular formula is C17H28N2O. The van der Waals surface area contributed by atoms with Gasteiger partial charge < -0.3 is 15.4 Å². The Bertz CT molecular complexity index is 483. The molecule has 0 aromatic heterocycles. The predicted molar refractivity (Wildman–Crippen MR) is 85.7 cm³/mol. The molecule has 0 amide bonds. The first-order valence-electron chi connectivity index (χ1n) is 7.41. The highest BCUT2D eigenvalue weighted by molar-refractivity contribution is 5.62. The van der Waals surface area contributed by atoms with Crippen LogP contribution in [0.3, 0.4) is 0 Å². The van der Waals surface area contributed by atoms with Gasteiger partial charge in [0.15, 0.2) is 0 Å². The largest absolute Gasteiger partial charge is 0.487 e. The van der Waals surface area contributed by atoms with Crippen LogP contribution in [-0.4, -0.2) is 24.7 Å². The zero-order valence-corrected chi connectivity index (χ0v) is 13.7. The van der Waals surface area contributed by atoms with Crippen LogP contribution in [0.5, 0.6) is 5.75 Å². The monoisotopic (exact) mass is 276 g/mol. The molecule has 1 unspecified atom stereocenters. The van der Waals surface area contributed by atoms with Gasteiger partial charge in [-0.3, -0.25) is 0 Å². The van der Waals surface area contributed by atoms with Crippen LogP contribution in [0.15, 0.2) is 18.2 Å². The number of hydrogen-bond acceptors (Lipinski definition) is 3. The summed E-state index contributed by atoms with van der Waals surface area (Å²) in [5.74, 6) is 0.973. The lowest BCUT2D eigenvalue weighted by Crippen LogP contribution is -2.49. The van der Waals surface area contributed by atoms with Crippen molar-refractivity contribution in [1.29, 1.82) is 0 Å². The average molecular weight is 276 g/mol. The Balaban J connectivity index is 2.40. The summed E-state index contributed by atoms with van der Waals surface area (Å²) < 4.78 is 5.96. The van der Waals surface area contributed by atoms with Gasteiger partial charge in [0.1, 0.15) is 11.9 Å². The van der Waals surface area contributed by atoms with Gasteiger partial charge in [-0.25, -0.2) is 0 Å². The molecule has 1 heterocycles. The SMILES string of the molecule is CC1CN(CC(C)(C)N)c2cc(C(C)(C)C)ccc2O1. The van der Waals surface area contributed by atoms with E-state index < -0.39 is 0 Å². The van der Waals surface area contributed by atoms with Crippen LogP contribution in [0.25, 0.3) is 0 Å². The third-order valence-corrected chi connectivity index (χ3v) is 3.57. The van der Waals surface area contributed by atoms with Gasteiger partial charge in [-0.2, -0.15) is 0 Å². The molecule has 0 saturated carbocycles. The lowest BCUT2D eigenvalue weighted by Gasteiger charge is -2.39. The maximum absolute atomic E-state index is 6.21. The van der Waals surface area contributed by atoms with Crippen LogP contribution >= 0.6 is 0 Å². The third kappa shape index (κ3) is 3.45. The van der Waals surface area contributed by atoms with Gasteiger partial charge in [0.2, 0.25) is 0 Å². The van der Waals surface area contributed by atoms with Crippen molar-refractivity contribution in [2.75, 3.05) is 18.0 Å². The fourth-order valence-corrected chi connectivity index (χ4v) is 2.64. The molecule has 0 bridgehead atoms. The third-order valence-electron chi connectivity index (χ3n) is 3.57. The van der Waals surface area contributed by atoms with Crippen molar-refractivity contribution in [1.82, 2.24) is 0 Å². The molecule has 1 aliphatic rings. The standard InChI is InChI=1S/C17H28N2O/c1-12-10-19(11-17(5,6)18)14-9-13(16(2,3)4)7-8-15(14)20-12/h7-9,12H,10-11,18H2,1-6H3. The van der Waals surface area contributed by atoms with E-state index in [9.17, 15) is 0 Å². The van der Waals surface area contributed by atoms with Crippen molar-refractivity contribution < 1.29 is 4.74 Å². The summed E-state index contributed by atoms with van der Waals surface area (Å²) in [5.41, 5.74) is 8.64. The van der Waals surface area contributed by atoms with Gasteiger partial charge in [0.05, 0.1) is 12.2 Å². The van der Waals surface area contributed by atoms with Crippen molar-refractivity contribution in [2.45, 2.75) is 58.6 Å². The second-order valence-electron chi connectivity index (χ2n) is 7.73. The number of ether oxygens (including phenoxy) is 1.